The van der Waals surface area contributed by atoms with Crippen molar-refractivity contribution >= 4 is 22.8 Å². The van der Waals surface area contributed by atoms with Gasteiger partial charge in [-0.1, -0.05) is 54.9 Å². The zero-order chi connectivity index (χ0) is 14.1. The van der Waals surface area contributed by atoms with E-state index in [0.29, 0.717) is 17.9 Å². The molecule has 0 N–H and O–H groups in total. The third-order valence-corrected chi connectivity index (χ3v) is 3.49. The van der Waals surface area contributed by atoms with Crippen LogP contribution in [0.25, 0.3) is 0 Å². The summed E-state index contributed by atoms with van der Waals surface area (Å²) in [5.74, 6) is 0.246. The maximum Gasteiger partial charge on any atom is 0.306 e. The monoisotopic (exact) mass is 280 g/mol. The Bertz CT molecular complexity index is 412. The molecule has 0 saturated heterocycles. The number of aryl methyl sites for hydroxylation is 1. The van der Waals surface area contributed by atoms with E-state index in [1.807, 2.05) is 38.1 Å². The van der Waals surface area contributed by atoms with Gasteiger partial charge < -0.3 is 4.74 Å². The first-order valence-electron chi connectivity index (χ1n) is 6.53. The molecule has 3 nitrogen and oxygen atoms in total. The quantitative estimate of drug-likeness (QED) is 0.565. The Balaban J connectivity index is 2.23. The summed E-state index contributed by atoms with van der Waals surface area (Å²) in [6, 6.07) is 7.44. The highest BCUT2D eigenvalue weighted by Crippen LogP contribution is 2.14. The predicted octanol–water partition coefficient (Wildman–Crippen LogP) is 3.60. The van der Waals surface area contributed by atoms with Crippen molar-refractivity contribution in [1.29, 1.82) is 0 Å². The van der Waals surface area contributed by atoms with Crippen LogP contribution in [0.1, 0.15) is 42.1 Å². The predicted molar refractivity (Wildman–Crippen MR) is 78.5 cm³/mol. The molecule has 0 aliphatic rings. The molecule has 0 atom stereocenters. The largest absolute Gasteiger partial charge is 0.466 e. The van der Waals surface area contributed by atoms with Gasteiger partial charge in [0.15, 0.2) is 0 Å². The second-order valence-electron chi connectivity index (χ2n) is 4.33. The molecule has 0 aliphatic heterocycles. The van der Waals surface area contributed by atoms with Crippen molar-refractivity contribution in [1.82, 2.24) is 0 Å². The lowest BCUT2D eigenvalue weighted by Gasteiger charge is -2.03. The SMILES string of the molecule is CCCCOC(=O)CCSC(=O)c1ccc(C)cc1. The van der Waals surface area contributed by atoms with Crippen LogP contribution in [0.15, 0.2) is 24.3 Å². The summed E-state index contributed by atoms with van der Waals surface area (Å²) in [6.45, 7) is 4.50. The van der Waals surface area contributed by atoms with Gasteiger partial charge in [-0.3, -0.25) is 9.59 Å². The highest BCUT2D eigenvalue weighted by Gasteiger charge is 2.08. The van der Waals surface area contributed by atoms with Crippen LogP contribution >= 0.6 is 11.8 Å². The fourth-order valence-corrected chi connectivity index (χ4v) is 2.16. The van der Waals surface area contributed by atoms with Crippen LogP contribution in [0.5, 0.6) is 0 Å². The number of benzene rings is 1. The molecule has 4 heteroatoms. The van der Waals surface area contributed by atoms with E-state index < -0.39 is 0 Å². The first kappa shape index (κ1) is 15.8. The number of hydrogen-bond donors (Lipinski definition) is 0. The van der Waals surface area contributed by atoms with Crippen molar-refractivity contribution in [3.8, 4) is 0 Å². The number of carbonyl (C=O) groups is 2. The number of unbranched alkanes of at least 4 members (excludes halogenated alkanes) is 1. The fourth-order valence-electron chi connectivity index (χ4n) is 1.40. The number of ether oxygens (including phenoxy) is 1. The Morgan fingerprint density at radius 2 is 1.89 bits per heavy atom. The van der Waals surface area contributed by atoms with E-state index in [1.54, 1.807) is 0 Å². The smallest absolute Gasteiger partial charge is 0.306 e. The first-order valence-corrected chi connectivity index (χ1v) is 7.51. The molecule has 0 spiro atoms. The van der Waals surface area contributed by atoms with Crippen LogP contribution < -0.4 is 0 Å². The second-order valence-corrected chi connectivity index (χ2v) is 5.39. The first-order chi connectivity index (χ1) is 9.13. The normalized spacial score (nSPS) is 10.2. The van der Waals surface area contributed by atoms with Crippen LogP contribution in [-0.4, -0.2) is 23.4 Å². The third-order valence-electron chi connectivity index (χ3n) is 2.59. The number of esters is 1. The van der Waals surface area contributed by atoms with Gasteiger partial charge in [-0.25, -0.2) is 0 Å². The molecule has 0 bridgehead atoms. The van der Waals surface area contributed by atoms with Crippen LogP contribution in [0, 0.1) is 6.92 Å². The summed E-state index contributed by atoms with van der Waals surface area (Å²) in [4.78, 5) is 23.1. The lowest BCUT2D eigenvalue weighted by molar-refractivity contribution is -0.143. The molecule has 104 valence electrons. The summed E-state index contributed by atoms with van der Waals surface area (Å²) in [5, 5.41) is 0.00126. The van der Waals surface area contributed by atoms with Crippen molar-refractivity contribution in [2.45, 2.75) is 33.1 Å². The third kappa shape index (κ3) is 6.43. The van der Waals surface area contributed by atoms with E-state index in [4.69, 9.17) is 4.74 Å². The zero-order valence-corrected chi connectivity index (χ0v) is 12.3. The molecule has 0 heterocycles. The molecule has 0 amide bonds. The zero-order valence-electron chi connectivity index (χ0n) is 11.5. The van der Waals surface area contributed by atoms with Crippen LogP contribution in [0.4, 0.5) is 0 Å². The van der Waals surface area contributed by atoms with Gasteiger partial charge in [-0.15, -0.1) is 0 Å². The highest BCUT2D eigenvalue weighted by molar-refractivity contribution is 8.14. The second kappa shape index (κ2) is 8.75. The van der Waals surface area contributed by atoms with Crippen LogP contribution in [0.3, 0.4) is 0 Å². The van der Waals surface area contributed by atoms with Gasteiger partial charge in [0.25, 0.3) is 0 Å². The Morgan fingerprint density at radius 3 is 2.53 bits per heavy atom. The van der Waals surface area contributed by atoms with E-state index in [1.165, 1.54) is 0 Å². The molecule has 1 aromatic rings. The average molecular weight is 280 g/mol. The molecule has 1 rings (SSSR count). The lowest BCUT2D eigenvalue weighted by Crippen LogP contribution is -2.07. The molecule has 19 heavy (non-hydrogen) atoms. The van der Waals surface area contributed by atoms with E-state index in [2.05, 4.69) is 0 Å². The Hall–Kier alpha value is -1.29. The number of carbonyl (C=O) groups excluding carboxylic acids is 2. The Morgan fingerprint density at radius 1 is 1.21 bits per heavy atom. The van der Waals surface area contributed by atoms with E-state index in [9.17, 15) is 9.59 Å². The van der Waals surface area contributed by atoms with Gasteiger partial charge in [-0.2, -0.15) is 0 Å². The maximum atomic E-state index is 11.8. The minimum absolute atomic E-state index is 0.00126. The molecular formula is C15H20O3S. The van der Waals surface area contributed by atoms with Gasteiger partial charge in [0.2, 0.25) is 5.12 Å². The molecule has 0 aromatic heterocycles. The molecule has 0 fully saturated rings. The summed E-state index contributed by atoms with van der Waals surface area (Å²) in [7, 11) is 0. The molecule has 0 saturated carbocycles. The number of thioether (sulfide) groups is 1. The fraction of sp³-hybridized carbons (Fsp3) is 0.467. The average Bonchev–Trinajstić information content (AvgIpc) is 2.39. The summed E-state index contributed by atoms with van der Waals surface area (Å²) in [6.07, 6.45) is 2.18. The van der Waals surface area contributed by atoms with Crippen molar-refractivity contribution < 1.29 is 14.3 Å². The molecule has 0 radical (unpaired) electrons. The van der Waals surface area contributed by atoms with Gasteiger partial charge in [0.05, 0.1) is 13.0 Å². The standard InChI is InChI=1S/C15H20O3S/c1-3-4-10-18-14(16)9-11-19-15(17)13-7-5-12(2)6-8-13/h5-8H,3-4,9-11H2,1-2H3. The van der Waals surface area contributed by atoms with Crippen molar-refractivity contribution in [3.63, 3.8) is 0 Å². The van der Waals surface area contributed by atoms with E-state index in [0.717, 1.165) is 30.2 Å². The Labute approximate surface area is 118 Å². The van der Waals surface area contributed by atoms with Gasteiger partial charge in [-0.05, 0) is 13.3 Å². The highest BCUT2D eigenvalue weighted by atomic mass is 32.2. The summed E-state index contributed by atoms with van der Waals surface area (Å²) in [5.41, 5.74) is 1.80. The molecular weight excluding hydrogens is 260 g/mol. The van der Waals surface area contributed by atoms with E-state index in [-0.39, 0.29) is 17.5 Å². The lowest BCUT2D eigenvalue weighted by atomic mass is 10.2. The van der Waals surface area contributed by atoms with Gasteiger partial charge in [0, 0.05) is 11.3 Å². The Kier molecular flexibility index (Phi) is 7.26. The van der Waals surface area contributed by atoms with Crippen molar-refractivity contribution in [3.05, 3.63) is 35.4 Å². The minimum atomic E-state index is -0.224. The van der Waals surface area contributed by atoms with Crippen LogP contribution in [0.2, 0.25) is 0 Å². The summed E-state index contributed by atoms with van der Waals surface area (Å²) < 4.78 is 5.02. The molecule has 0 aliphatic carbocycles. The van der Waals surface area contributed by atoms with Crippen molar-refractivity contribution in [2.24, 2.45) is 0 Å². The minimum Gasteiger partial charge on any atom is -0.466 e. The number of rotatable bonds is 7. The van der Waals surface area contributed by atoms with Gasteiger partial charge in [0.1, 0.15) is 0 Å². The maximum absolute atomic E-state index is 11.8. The van der Waals surface area contributed by atoms with Crippen LogP contribution in [-0.2, 0) is 9.53 Å². The van der Waals surface area contributed by atoms with Gasteiger partial charge >= 0.3 is 5.97 Å². The number of hydrogen-bond acceptors (Lipinski definition) is 4. The molecule has 1 aromatic carbocycles. The topological polar surface area (TPSA) is 43.4 Å². The van der Waals surface area contributed by atoms with Crippen molar-refractivity contribution in [2.75, 3.05) is 12.4 Å². The summed E-state index contributed by atoms with van der Waals surface area (Å²) >= 11 is 1.16. The molecule has 0 unspecified atom stereocenters. The van der Waals surface area contributed by atoms with E-state index >= 15 is 0 Å².